The van der Waals surface area contributed by atoms with Gasteiger partial charge in [0.2, 0.25) is 0 Å². The summed E-state index contributed by atoms with van der Waals surface area (Å²) >= 11 is 0. The highest BCUT2D eigenvalue weighted by atomic mass is 16.6. The van der Waals surface area contributed by atoms with Gasteiger partial charge in [0.15, 0.2) is 6.10 Å². The van der Waals surface area contributed by atoms with Crippen LogP contribution in [0.15, 0.2) is 36.5 Å². The molecule has 0 aromatic rings. The van der Waals surface area contributed by atoms with Gasteiger partial charge in [-0.1, -0.05) is 237 Å². The highest BCUT2D eigenvalue weighted by Crippen LogP contribution is 2.16. The van der Waals surface area contributed by atoms with E-state index in [2.05, 4.69) is 57.2 Å². The summed E-state index contributed by atoms with van der Waals surface area (Å²) < 4.78 is 16.7. The van der Waals surface area contributed by atoms with E-state index >= 15 is 0 Å². The first kappa shape index (κ1) is 57.6. The van der Waals surface area contributed by atoms with E-state index < -0.39 is 6.10 Å². The maximum Gasteiger partial charge on any atom is 0.306 e. The first-order valence-electron chi connectivity index (χ1n) is 26.0. The summed E-state index contributed by atoms with van der Waals surface area (Å²) in [6.45, 7) is 6.46. The van der Waals surface area contributed by atoms with Crippen LogP contribution in [0.5, 0.6) is 0 Å². The number of unbranched alkanes of at least 4 members (excludes halogenated alkanes) is 30. The maximum absolute atomic E-state index is 12.7. The van der Waals surface area contributed by atoms with Crippen LogP contribution in [0.2, 0.25) is 0 Å². The van der Waals surface area contributed by atoms with Crippen molar-refractivity contribution in [2.24, 2.45) is 0 Å². The van der Waals surface area contributed by atoms with Gasteiger partial charge in [0.1, 0.15) is 13.2 Å². The molecule has 0 aliphatic rings. The zero-order valence-corrected chi connectivity index (χ0v) is 40.0. The standard InChI is InChI=1S/C54H98O6/c1-4-7-10-13-16-18-20-22-23-24-25-26-27-28-29-30-31-33-34-36-38-41-44-47-53(56)59-50-51(49-58-52(55)46-43-40-15-12-9-6-3)60-54(57)48-45-42-39-37-35-32-21-19-17-14-11-8-5-2/h8,11,17,19,32,35,51H,4-7,9-10,12-16,18,20-31,33-34,36-50H2,1-3H3/b11-8-,19-17-,35-32-. The van der Waals surface area contributed by atoms with Crippen molar-refractivity contribution in [2.45, 2.75) is 277 Å². The Morgan fingerprint density at radius 3 is 1.02 bits per heavy atom. The van der Waals surface area contributed by atoms with Gasteiger partial charge >= 0.3 is 17.9 Å². The van der Waals surface area contributed by atoms with E-state index in [9.17, 15) is 14.4 Å². The van der Waals surface area contributed by atoms with Crippen LogP contribution in [0.25, 0.3) is 0 Å². The number of hydrogen-bond acceptors (Lipinski definition) is 6. The molecule has 0 rings (SSSR count). The first-order valence-corrected chi connectivity index (χ1v) is 26.0. The van der Waals surface area contributed by atoms with E-state index in [1.807, 2.05) is 0 Å². The number of hydrogen-bond donors (Lipinski definition) is 0. The number of allylic oxidation sites excluding steroid dienone is 6. The molecule has 1 unspecified atom stereocenters. The number of carbonyl (C=O) groups excluding carboxylic acids is 3. The van der Waals surface area contributed by atoms with Crippen LogP contribution < -0.4 is 0 Å². The van der Waals surface area contributed by atoms with Gasteiger partial charge in [-0.2, -0.15) is 0 Å². The maximum atomic E-state index is 12.7. The van der Waals surface area contributed by atoms with E-state index in [1.54, 1.807) is 0 Å². The molecule has 0 aromatic heterocycles. The van der Waals surface area contributed by atoms with Crippen molar-refractivity contribution in [3.8, 4) is 0 Å². The van der Waals surface area contributed by atoms with E-state index in [0.29, 0.717) is 19.3 Å². The van der Waals surface area contributed by atoms with Crippen LogP contribution in [0.1, 0.15) is 271 Å². The average Bonchev–Trinajstić information content (AvgIpc) is 3.24. The van der Waals surface area contributed by atoms with Crippen LogP contribution in [0, 0.1) is 0 Å². The minimum Gasteiger partial charge on any atom is -0.462 e. The van der Waals surface area contributed by atoms with Gasteiger partial charge < -0.3 is 14.2 Å². The van der Waals surface area contributed by atoms with Crippen molar-refractivity contribution in [1.82, 2.24) is 0 Å². The summed E-state index contributed by atoms with van der Waals surface area (Å²) in [5.74, 6) is -0.912. The molecular formula is C54H98O6. The lowest BCUT2D eigenvalue weighted by Gasteiger charge is -2.18. The summed E-state index contributed by atoms with van der Waals surface area (Å²) in [6.07, 6.45) is 57.5. The van der Waals surface area contributed by atoms with Crippen LogP contribution in [-0.2, 0) is 28.6 Å². The molecule has 0 aliphatic heterocycles. The lowest BCUT2D eigenvalue weighted by molar-refractivity contribution is -0.167. The zero-order valence-electron chi connectivity index (χ0n) is 40.0. The number of rotatable bonds is 47. The molecule has 0 spiro atoms. The van der Waals surface area contributed by atoms with Crippen LogP contribution in [0.3, 0.4) is 0 Å². The van der Waals surface area contributed by atoms with E-state index in [0.717, 1.165) is 83.5 Å². The molecule has 0 aromatic carbocycles. The van der Waals surface area contributed by atoms with Gasteiger partial charge in [-0.05, 0) is 51.4 Å². The molecule has 1 atom stereocenters. The SMILES string of the molecule is CC/C=C\C/C=C\C/C=C\CCCCCC(=O)OC(COC(=O)CCCCCCCC)COC(=O)CCCCCCCCCCCCCCCCCCCCCCCCC. The molecule has 6 nitrogen and oxygen atoms in total. The van der Waals surface area contributed by atoms with Gasteiger partial charge in [-0.15, -0.1) is 0 Å². The summed E-state index contributed by atoms with van der Waals surface area (Å²) in [5, 5.41) is 0. The van der Waals surface area contributed by atoms with Gasteiger partial charge in [-0.3, -0.25) is 14.4 Å². The molecule has 350 valence electrons. The minimum atomic E-state index is -0.780. The lowest BCUT2D eigenvalue weighted by atomic mass is 10.0. The number of ether oxygens (including phenoxy) is 3. The predicted molar refractivity (Wildman–Crippen MR) is 256 cm³/mol. The summed E-state index contributed by atoms with van der Waals surface area (Å²) in [7, 11) is 0. The number of esters is 3. The van der Waals surface area contributed by atoms with Crippen molar-refractivity contribution in [1.29, 1.82) is 0 Å². The molecule has 0 bridgehead atoms. The largest absolute Gasteiger partial charge is 0.462 e. The van der Waals surface area contributed by atoms with Crippen molar-refractivity contribution >= 4 is 17.9 Å². The minimum absolute atomic E-state index is 0.0810. The fraction of sp³-hybridized carbons (Fsp3) is 0.833. The highest BCUT2D eigenvalue weighted by molar-refractivity contribution is 5.71. The molecule has 0 amide bonds. The Balaban J connectivity index is 4.10. The Morgan fingerprint density at radius 1 is 0.350 bits per heavy atom. The normalized spacial score (nSPS) is 12.2. The Kier molecular flexibility index (Phi) is 47.3. The monoisotopic (exact) mass is 843 g/mol. The second-order valence-electron chi connectivity index (χ2n) is 17.4. The van der Waals surface area contributed by atoms with Crippen molar-refractivity contribution < 1.29 is 28.6 Å². The molecule has 0 heterocycles. The highest BCUT2D eigenvalue weighted by Gasteiger charge is 2.19. The van der Waals surface area contributed by atoms with Crippen molar-refractivity contribution in [3.63, 3.8) is 0 Å². The Hall–Kier alpha value is -2.37. The fourth-order valence-corrected chi connectivity index (χ4v) is 7.52. The lowest BCUT2D eigenvalue weighted by Crippen LogP contribution is -2.30. The fourth-order valence-electron chi connectivity index (χ4n) is 7.52. The molecule has 0 saturated heterocycles. The van der Waals surface area contributed by atoms with E-state index in [1.165, 1.54) is 148 Å². The molecule has 6 heteroatoms. The molecule has 0 aliphatic carbocycles. The molecular weight excluding hydrogens is 745 g/mol. The van der Waals surface area contributed by atoms with E-state index in [4.69, 9.17) is 14.2 Å². The second kappa shape index (κ2) is 49.3. The summed E-state index contributed by atoms with van der Waals surface area (Å²) in [4.78, 5) is 37.7. The topological polar surface area (TPSA) is 78.9 Å². The van der Waals surface area contributed by atoms with Gasteiger partial charge in [0, 0.05) is 19.3 Å². The predicted octanol–water partition coefficient (Wildman–Crippen LogP) is 16.9. The zero-order chi connectivity index (χ0) is 43.7. The van der Waals surface area contributed by atoms with Crippen LogP contribution in [-0.4, -0.2) is 37.2 Å². The Morgan fingerprint density at radius 2 is 0.650 bits per heavy atom. The van der Waals surface area contributed by atoms with Gasteiger partial charge in [0.25, 0.3) is 0 Å². The first-order chi connectivity index (χ1) is 29.5. The third-order valence-corrected chi connectivity index (χ3v) is 11.4. The molecule has 60 heavy (non-hydrogen) atoms. The third kappa shape index (κ3) is 46.7. The Bertz CT molecular complexity index is 1020. The summed E-state index contributed by atoms with van der Waals surface area (Å²) in [5.41, 5.74) is 0. The Labute approximate surface area is 372 Å². The smallest absolute Gasteiger partial charge is 0.306 e. The average molecular weight is 843 g/mol. The van der Waals surface area contributed by atoms with Crippen LogP contribution >= 0.6 is 0 Å². The second-order valence-corrected chi connectivity index (χ2v) is 17.4. The van der Waals surface area contributed by atoms with Crippen LogP contribution in [0.4, 0.5) is 0 Å². The quantitative estimate of drug-likeness (QED) is 0.0263. The molecule has 0 fully saturated rings. The summed E-state index contributed by atoms with van der Waals surface area (Å²) in [6, 6.07) is 0. The van der Waals surface area contributed by atoms with Crippen molar-refractivity contribution in [3.05, 3.63) is 36.5 Å². The molecule has 0 radical (unpaired) electrons. The third-order valence-electron chi connectivity index (χ3n) is 11.4. The van der Waals surface area contributed by atoms with Gasteiger partial charge in [-0.25, -0.2) is 0 Å². The molecule has 0 N–H and O–H groups in total. The van der Waals surface area contributed by atoms with E-state index in [-0.39, 0.29) is 31.1 Å². The molecule has 0 saturated carbocycles. The number of carbonyl (C=O) groups is 3. The van der Waals surface area contributed by atoms with Crippen molar-refractivity contribution in [2.75, 3.05) is 13.2 Å². The van der Waals surface area contributed by atoms with Gasteiger partial charge in [0.05, 0.1) is 0 Å².